The van der Waals surface area contributed by atoms with Gasteiger partial charge in [0.1, 0.15) is 5.69 Å². The Hall–Kier alpha value is -5.27. The second kappa shape index (κ2) is 13.4. The molecular formula is C34H31N7O2S. The summed E-state index contributed by atoms with van der Waals surface area (Å²) in [5.74, 6) is 0.622. The average molecular weight is 602 g/mol. The number of allylic oxidation sites excluding steroid dienone is 2. The van der Waals surface area contributed by atoms with Crippen LogP contribution in [-0.4, -0.2) is 56.6 Å². The first-order chi connectivity index (χ1) is 21.6. The second-order valence-electron chi connectivity index (χ2n) is 10.3. The maximum absolute atomic E-state index is 13.8. The molecule has 2 aliphatic heterocycles. The van der Waals surface area contributed by atoms with Crippen molar-refractivity contribution in [2.24, 2.45) is 0 Å². The number of pyridine rings is 1. The van der Waals surface area contributed by atoms with E-state index in [0.717, 1.165) is 16.0 Å². The van der Waals surface area contributed by atoms with Gasteiger partial charge in [-0.1, -0.05) is 54.6 Å². The summed E-state index contributed by atoms with van der Waals surface area (Å²) in [6.07, 6.45) is 11.0. The third-order valence-corrected chi connectivity index (χ3v) is 9.59. The van der Waals surface area contributed by atoms with Gasteiger partial charge in [-0.2, -0.15) is 15.0 Å². The van der Waals surface area contributed by atoms with Crippen LogP contribution in [0.4, 0.5) is 11.4 Å². The minimum absolute atomic E-state index is 0.00979. The molecule has 10 heteroatoms. The van der Waals surface area contributed by atoms with Crippen LogP contribution in [0.1, 0.15) is 16.7 Å². The van der Waals surface area contributed by atoms with Crippen LogP contribution < -0.4 is 15.8 Å². The molecule has 2 aliphatic rings. The Morgan fingerprint density at radius 3 is 2.52 bits per heavy atom. The molecule has 2 aromatic carbocycles. The first kappa shape index (κ1) is 28.8. The van der Waals surface area contributed by atoms with E-state index in [0.29, 0.717) is 61.1 Å². The number of para-hydroxylation sites is 1. The van der Waals surface area contributed by atoms with Gasteiger partial charge in [0.2, 0.25) is 0 Å². The topological polar surface area (TPSA) is 107 Å². The van der Waals surface area contributed by atoms with Crippen molar-refractivity contribution in [2.75, 3.05) is 36.4 Å². The zero-order valence-corrected chi connectivity index (χ0v) is 24.9. The number of hydrogen-bond acceptors (Lipinski definition) is 7. The molecule has 0 radical (unpaired) electrons. The number of anilines is 2. The predicted molar refractivity (Wildman–Crippen MR) is 176 cm³/mol. The summed E-state index contributed by atoms with van der Waals surface area (Å²) >= 11 is 0. The minimum Gasteiger partial charge on any atom is -0.375 e. The molecule has 44 heavy (non-hydrogen) atoms. The summed E-state index contributed by atoms with van der Waals surface area (Å²) < 4.78 is 1.40. The molecular weight excluding hydrogens is 570 g/mol. The van der Waals surface area contributed by atoms with Crippen molar-refractivity contribution >= 4 is 32.6 Å². The summed E-state index contributed by atoms with van der Waals surface area (Å²) in [5, 5.41) is 19.5. The van der Waals surface area contributed by atoms with Crippen LogP contribution in [0.3, 0.4) is 0 Å². The lowest BCUT2D eigenvalue weighted by Crippen LogP contribution is -2.51. The SMILES string of the molecule is N#Cc1ccccc1CS1=C(C(=O)N2CCN(c3cnn(-c4ccccc4)c(=O)c3NCc3cccnc3)CC2)C=CC=C1. The molecule has 4 heterocycles. The fraction of sp³-hybridized carbons (Fsp3) is 0.176. The molecule has 1 amide bonds. The van der Waals surface area contributed by atoms with Crippen molar-refractivity contribution in [2.45, 2.75) is 12.3 Å². The van der Waals surface area contributed by atoms with Crippen LogP contribution in [0.25, 0.3) is 5.69 Å². The molecule has 1 atom stereocenters. The molecule has 1 fully saturated rings. The van der Waals surface area contributed by atoms with E-state index in [1.165, 1.54) is 4.68 Å². The van der Waals surface area contributed by atoms with Crippen LogP contribution >= 0.6 is 10.5 Å². The molecule has 0 saturated carbocycles. The largest absolute Gasteiger partial charge is 0.375 e. The number of carbonyl (C=O) groups excluding carboxylic acids is 1. The van der Waals surface area contributed by atoms with E-state index in [1.54, 1.807) is 18.6 Å². The number of rotatable bonds is 8. The highest BCUT2D eigenvalue weighted by molar-refractivity contribution is 8.19. The van der Waals surface area contributed by atoms with Gasteiger partial charge in [0.25, 0.3) is 11.5 Å². The number of nitriles is 1. The lowest BCUT2D eigenvalue weighted by Gasteiger charge is -2.37. The van der Waals surface area contributed by atoms with Crippen LogP contribution in [0.2, 0.25) is 0 Å². The van der Waals surface area contributed by atoms with Gasteiger partial charge in [0.05, 0.1) is 34.1 Å². The Labute approximate surface area is 258 Å². The van der Waals surface area contributed by atoms with E-state index in [1.807, 2.05) is 89.9 Å². The fourth-order valence-corrected chi connectivity index (χ4v) is 7.15. The highest BCUT2D eigenvalue weighted by Gasteiger charge is 2.27. The summed E-state index contributed by atoms with van der Waals surface area (Å²) in [6.45, 7) is 2.57. The summed E-state index contributed by atoms with van der Waals surface area (Å²) in [5.41, 5.74) is 4.14. The van der Waals surface area contributed by atoms with Crippen LogP contribution in [-0.2, 0) is 17.1 Å². The first-order valence-electron chi connectivity index (χ1n) is 14.4. The molecule has 0 spiro atoms. The molecule has 220 valence electrons. The molecule has 4 aromatic rings. The van der Waals surface area contributed by atoms with Gasteiger partial charge >= 0.3 is 0 Å². The van der Waals surface area contributed by atoms with Crippen LogP contribution in [0, 0.1) is 11.3 Å². The number of hydrogen-bond donors (Lipinski definition) is 1. The summed E-state index contributed by atoms with van der Waals surface area (Å²) in [6, 6.07) is 23.0. The van der Waals surface area contributed by atoms with E-state index < -0.39 is 10.5 Å². The average Bonchev–Trinajstić information content (AvgIpc) is 3.09. The standard InChI is InChI=1S/C34H31N7O2S/c35-21-27-10-4-5-11-28(27)25-44-20-7-6-14-31(44)33(42)40-18-16-39(17-19-40)30-24-38-41(29-12-2-1-3-13-29)34(43)32(30)37-23-26-9-8-15-36-22-26/h1-15,20,22,24,37H,16-19,23,25H2. The van der Waals surface area contributed by atoms with E-state index in [4.69, 9.17) is 0 Å². The van der Waals surface area contributed by atoms with Gasteiger partial charge in [-0.25, -0.2) is 0 Å². The minimum atomic E-state index is -0.446. The third kappa shape index (κ3) is 6.23. The normalized spacial score (nSPS) is 16.1. The van der Waals surface area contributed by atoms with Gasteiger partial charge in [0, 0.05) is 50.9 Å². The Morgan fingerprint density at radius 1 is 0.955 bits per heavy atom. The summed E-state index contributed by atoms with van der Waals surface area (Å²) in [7, 11) is -0.446. The molecule has 0 aliphatic carbocycles. The van der Waals surface area contributed by atoms with Crippen molar-refractivity contribution < 1.29 is 4.79 Å². The number of amides is 1. The quantitative estimate of drug-likeness (QED) is 0.297. The van der Waals surface area contributed by atoms with E-state index >= 15 is 0 Å². The number of piperazine rings is 1. The number of nitrogens with one attached hydrogen (secondary N) is 1. The zero-order chi connectivity index (χ0) is 30.3. The smallest absolute Gasteiger partial charge is 0.296 e. The Bertz CT molecular complexity index is 1850. The van der Waals surface area contributed by atoms with Gasteiger partial charge in [-0.3, -0.25) is 14.6 Å². The maximum atomic E-state index is 13.8. The van der Waals surface area contributed by atoms with Crippen molar-refractivity contribution in [1.82, 2.24) is 19.7 Å². The van der Waals surface area contributed by atoms with Crippen LogP contribution in [0.5, 0.6) is 0 Å². The second-order valence-corrected chi connectivity index (χ2v) is 12.2. The van der Waals surface area contributed by atoms with E-state index in [9.17, 15) is 14.9 Å². The maximum Gasteiger partial charge on any atom is 0.296 e. The molecule has 1 saturated heterocycles. The number of aromatic nitrogens is 3. The lowest BCUT2D eigenvalue weighted by molar-refractivity contribution is -0.124. The monoisotopic (exact) mass is 601 g/mol. The zero-order valence-electron chi connectivity index (χ0n) is 24.0. The highest BCUT2D eigenvalue weighted by Crippen LogP contribution is 2.30. The van der Waals surface area contributed by atoms with E-state index in [-0.39, 0.29) is 11.5 Å². The highest BCUT2D eigenvalue weighted by atomic mass is 32.2. The van der Waals surface area contributed by atoms with Crippen molar-refractivity contribution in [1.29, 1.82) is 5.26 Å². The summed E-state index contributed by atoms with van der Waals surface area (Å²) in [4.78, 5) is 36.5. The van der Waals surface area contributed by atoms with E-state index in [2.05, 4.69) is 31.8 Å². The Kier molecular flexibility index (Phi) is 8.75. The number of carbonyl (C=O) groups is 1. The lowest BCUT2D eigenvalue weighted by atomic mass is 10.1. The molecule has 9 nitrogen and oxygen atoms in total. The van der Waals surface area contributed by atoms with Gasteiger partial charge in [-0.15, -0.1) is 10.5 Å². The van der Waals surface area contributed by atoms with Gasteiger partial charge < -0.3 is 15.1 Å². The molecule has 6 rings (SSSR count). The first-order valence-corrected chi connectivity index (χ1v) is 15.8. The molecule has 0 bridgehead atoms. The Balaban J connectivity index is 1.22. The van der Waals surface area contributed by atoms with Crippen molar-refractivity contribution in [3.8, 4) is 11.8 Å². The number of nitrogens with zero attached hydrogens (tertiary/aromatic N) is 6. The number of benzene rings is 2. The molecule has 1 N–H and O–H groups in total. The Morgan fingerprint density at radius 2 is 1.75 bits per heavy atom. The fourth-order valence-electron chi connectivity index (χ4n) is 5.28. The van der Waals surface area contributed by atoms with Gasteiger partial charge in [0.15, 0.2) is 0 Å². The van der Waals surface area contributed by atoms with Crippen molar-refractivity contribution in [3.05, 3.63) is 136 Å². The molecule has 1 unspecified atom stereocenters. The third-order valence-electron chi connectivity index (χ3n) is 7.60. The van der Waals surface area contributed by atoms with Crippen LogP contribution in [0.15, 0.2) is 114 Å². The van der Waals surface area contributed by atoms with Gasteiger partial charge in [-0.05, 0) is 46.9 Å². The predicted octanol–water partition coefficient (Wildman–Crippen LogP) is 4.48. The molecule has 2 aromatic heterocycles. The van der Waals surface area contributed by atoms with Crippen molar-refractivity contribution in [3.63, 3.8) is 0 Å².